The van der Waals surface area contributed by atoms with Gasteiger partial charge in [0.2, 0.25) is 5.95 Å². The normalized spacial score (nSPS) is 28.2. The fraction of sp³-hybridized carbons (Fsp3) is 0.636. The van der Waals surface area contributed by atoms with Crippen molar-refractivity contribution in [2.75, 3.05) is 5.32 Å². The molecule has 5 heteroatoms. The van der Waals surface area contributed by atoms with Crippen molar-refractivity contribution in [3.05, 3.63) is 18.0 Å². The van der Waals surface area contributed by atoms with Crippen molar-refractivity contribution < 1.29 is 8.78 Å². The number of fused-ring (bicyclic) bond motifs is 1. The maximum atomic E-state index is 12.3. The second-order valence-corrected chi connectivity index (χ2v) is 4.71. The van der Waals surface area contributed by atoms with Gasteiger partial charge in [-0.2, -0.15) is 0 Å². The standard InChI is InChI=1S/C11H13F2N3/c12-10(13)8-4-14-11(15-5-8)16-9-2-6-1-7(6)3-9/h4-7,9-10H,1-3H2,(H,14,15,16)/t6-,7-/m0/s1. The smallest absolute Gasteiger partial charge is 0.266 e. The number of hydrogen-bond donors (Lipinski definition) is 1. The molecule has 86 valence electrons. The first-order valence-electron chi connectivity index (χ1n) is 5.59. The van der Waals surface area contributed by atoms with Crippen LogP contribution in [-0.2, 0) is 0 Å². The van der Waals surface area contributed by atoms with Crippen LogP contribution < -0.4 is 5.32 Å². The van der Waals surface area contributed by atoms with E-state index in [9.17, 15) is 8.78 Å². The van der Waals surface area contributed by atoms with Crippen LogP contribution in [0.5, 0.6) is 0 Å². The average molecular weight is 225 g/mol. The molecule has 1 heterocycles. The Morgan fingerprint density at radius 3 is 2.31 bits per heavy atom. The van der Waals surface area contributed by atoms with E-state index in [-0.39, 0.29) is 5.56 Å². The van der Waals surface area contributed by atoms with Gasteiger partial charge in [-0.25, -0.2) is 18.7 Å². The minimum Gasteiger partial charge on any atom is -0.351 e. The fourth-order valence-corrected chi connectivity index (χ4v) is 2.54. The Morgan fingerprint density at radius 2 is 1.75 bits per heavy atom. The first kappa shape index (κ1) is 9.93. The van der Waals surface area contributed by atoms with Crippen molar-refractivity contribution in [1.82, 2.24) is 9.97 Å². The van der Waals surface area contributed by atoms with E-state index < -0.39 is 6.43 Å². The Morgan fingerprint density at radius 1 is 1.12 bits per heavy atom. The van der Waals surface area contributed by atoms with Crippen LogP contribution in [0.3, 0.4) is 0 Å². The van der Waals surface area contributed by atoms with Gasteiger partial charge in [0.05, 0.1) is 5.56 Å². The number of alkyl halides is 2. The lowest BCUT2D eigenvalue weighted by Gasteiger charge is -2.13. The van der Waals surface area contributed by atoms with Gasteiger partial charge in [-0.05, 0) is 31.1 Å². The molecule has 2 fully saturated rings. The summed E-state index contributed by atoms with van der Waals surface area (Å²) in [6.07, 6.45) is 3.59. The van der Waals surface area contributed by atoms with Crippen molar-refractivity contribution in [1.29, 1.82) is 0 Å². The van der Waals surface area contributed by atoms with Crippen LogP contribution in [0.1, 0.15) is 31.3 Å². The Labute approximate surface area is 92.3 Å². The van der Waals surface area contributed by atoms with Crippen LogP contribution in [0.15, 0.2) is 12.4 Å². The number of aromatic nitrogens is 2. The molecule has 1 N–H and O–H groups in total. The molecule has 0 bridgehead atoms. The van der Waals surface area contributed by atoms with Gasteiger partial charge in [-0.15, -0.1) is 0 Å². The summed E-state index contributed by atoms with van der Waals surface area (Å²) in [5, 5.41) is 3.20. The van der Waals surface area contributed by atoms with Crippen LogP contribution in [0, 0.1) is 11.8 Å². The molecule has 16 heavy (non-hydrogen) atoms. The van der Waals surface area contributed by atoms with Crippen LogP contribution >= 0.6 is 0 Å². The molecule has 2 aliphatic carbocycles. The second-order valence-electron chi connectivity index (χ2n) is 4.71. The van der Waals surface area contributed by atoms with Crippen LogP contribution in [0.25, 0.3) is 0 Å². The quantitative estimate of drug-likeness (QED) is 0.859. The molecule has 2 atom stereocenters. The van der Waals surface area contributed by atoms with Crippen LogP contribution in [0.2, 0.25) is 0 Å². The molecule has 0 aromatic carbocycles. The fourth-order valence-electron chi connectivity index (χ4n) is 2.54. The van der Waals surface area contributed by atoms with Gasteiger partial charge in [-0.3, -0.25) is 0 Å². The topological polar surface area (TPSA) is 37.8 Å². The first-order valence-corrected chi connectivity index (χ1v) is 5.59. The van der Waals surface area contributed by atoms with Crippen molar-refractivity contribution >= 4 is 5.95 Å². The Balaban J connectivity index is 1.61. The number of rotatable bonds is 3. The molecule has 0 radical (unpaired) electrons. The molecule has 2 saturated carbocycles. The Kier molecular flexibility index (Phi) is 2.26. The number of nitrogens with zero attached hydrogens (tertiary/aromatic N) is 2. The molecule has 0 saturated heterocycles. The number of hydrogen-bond acceptors (Lipinski definition) is 3. The summed E-state index contributed by atoms with van der Waals surface area (Å²) in [4.78, 5) is 7.80. The second kappa shape index (κ2) is 3.64. The summed E-state index contributed by atoms with van der Waals surface area (Å²) in [7, 11) is 0. The predicted octanol–water partition coefficient (Wildman–Crippen LogP) is 2.62. The largest absolute Gasteiger partial charge is 0.351 e. The zero-order valence-electron chi connectivity index (χ0n) is 8.74. The third-order valence-electron chi connectivity index (χ3n) is 3.50. The molecular weight excluding hydrogens is 212 g/mol. The highest BCUT2D eigenvalue weighted by Gasteiger charge is 2.45. The number of anilines is 1. The lowest BCUT2D eigenvalue weighted by Crippen LogP contribution is -2.18. The highest BCUT2D eigenvalue weighted by Crippen LogP contribution is 2.52. The van der Waals surface area contributed by atoms with Gasteiger partial charge in [0, 0.05) is 18.4 Å². The summed E-state index contributed by atoms with van der Waals surface area (Å²) < 4.78 is 24.5. The monoisotopic (exact) mass is 225 g/mol. The number of nitrogens with one attached hydrogen (secondary N) is 1. The van der Waals surface area contributed by atoms with Gasteiger partial charge in [-0.1, -0.05) is 0 Å². The molecule has 0 unspecified atom stereocenters. The highest BCUT2D eigenvalue weighted by atomic mass is 19.3. The minimum atomic E-state index is -2.49. The summed E-state index contributed by atoms with van der Waals surface area (Å²) in [5.41, 5.74) is -0.125. The molecule has 2 aliphatic rings. The third-order valence-corrected chi connectivity index (χ3v) is 3.50. The Bertz CT molecular complexity index is 369. The van der Waals surface area contributed by atoms with Gasteiger partial charge in [0.1, 0.15) is 0 Å². The van der Waals surface area contributed by atoms with E-state index in [4.69, 9.17) is 0 Å². The van der Waals surface area contributed by atoms with Crippen molar-refractivity contribution in [2.24, 2.45) is 11.8 Å². The van der Waals surface area contributed by atoms with Gasteiger partial charge in [0.25, 0.3) is 6.43 Å². The van der Waals surface area contributed by atoms with E-state index in [1.807, 2.05) is 0 Å². The molecular formula is C11H13F2N3. The van der Waals surface area contributed by atoms with Crippen molar-refractivity contribution in [3.8, 4) is 0 Å². The van der Waals surface area contributed by atoms with E-state index in [2.05, 4.69) is 15.3 Å². The summed E-state index contributed by atoms with van der Waals surface area (Å²) in [5.74, 6) is 2.24. The summed E-state index contributed by atoms with van der Waals surface area (Å²) in [6.45, 7) is 0. The average Bonchev–Trinajstić information content (AvgIpc) is 2.87. The van der Waals surface area contributed by atoms with Crippen LogP contribution in [0.4, 0.5) is 14.7 Å². The highest BCUT2D eigenvalue weighted by molar-refractivity contribution is 5.28. The SMILES string of the molecule is FC(F)c1cnc(NC2C[C@@H]3C[C@H]3C2)nc1. The van der Waals surface area contributed by atoms with Gasteiger partial charge < -0.3 is 5.32 Å². The van der Waals surface area contributed by atoms with E-state index in [1.54, 1.807) is 0 Å². The van der Waals surface area contributed by atoms with Gasteiger partial charge >= 0.3 is 0 Å². The van der Waals surface area contributed by atoms with Crippen LogP contribution in [-0.4, -0.2) is 16.0 Å². The Hall–Kier alpha value is -1.26. The zero-order chi connectivity index (χ0) is 11.1. The van der Waals surface area contributed by atoms with Crippen molar-refractivity contribution in [2.45, 2.75) is 31.7 Å². The molecule has 0 amide bonds. The molecule has 3 nitrogen and oxygen atoms in total. The first-order chi connectivity index (χ1) is 7.72. The molecule has 0 spiro atoms. The zero-order valence-corrected chi connectivity index (χ0v) is 8.74. The summed E-state index contributed by atoms with van der Waals surface area (Å²) >= 11 is 0. The molecule has 1 aromatic rings. The maximum absolute atomic E-state index is 12.3. The predicted molar refractivity (Wildman–Crippen MR) is 55.2 cm³/mol. The van der Waals surface area contributed by atoms with Gasteiger partial charge in [0.15, 0.2) is 0 Å². The lowest BCUT2D eigenvalue weighted by atomic mass is 10.2. The van der Waals surface area contributed by atoms with E-state index in [1.165, 1.54) is 31.7 Å². The van der Waals surface area contributed by atoms with E-state index in [0.29, 0.717) is 12.0 Å². The lowest BCUT2D eigenvalue weighted by molar-refractivity contribution is 0.150. The van der Waals surface area contributed by atoms with Crippen molar-refractivity contribution in [3.63, 3.8) is 0 Å². The molecule has 0 aliphatic heterocycles. The number of halogens is 2. The van der Waals surface area contributed by atoms with E-state index in [0.717, 1.165) is 11.8 Å². The minimum absolute atomic E-state index is 0.125. The maximum Gasteiger partial charge on any atom is 0.266 e. The van der Waals surface area contributed by atoms with E-state index >= 15 is 0 Å². The molecule has 1 aromatic heterocycles. The third kappa shape index (κ3) is 1.86. The summed E-state index contributed by atoms with van der Waals surface area (Å²) in [6, 6.07) is 0.432. The molecule has 3 rings (SSSR count).